The first kappa shape index (κ1) is 14.7. The van der Waals surface area contributed by atoms with Gasteiger partial charge in [0.25, 0.3) is 0 Å². The highest BCUT2D eigenvalue weighted by Crippen LogP contribution is 2.29. The van der Waals surface area contributed by atoms with Crippen LogP contribution < -0.4 is 10.1 Å². The molecule has 0 fully saturated rings. The standard InChI is InChI=1S/C16H17ClFNO/c1-10-4-7-16(20-3)13(8-10)11(2)19-12-5-6-14(17)15(18)9-12/h4-9,11,19H,1-3H3. The Bertz CT molecular complexity index is 615. The molecule has 2 aromatic rings. The molecule has 0 aliphatic rings. The highest BCUT2D eigenvalue weighted by atomic mass is 35.5. The van der Waals surface area contributed by atoms with Gasteiger partial charge in [-0.2, -0.15) is 0 Å². The van der Waals surface area contributed by atoms with Crippen molar-refractivity contribution in [3.63, 3.8) is 0 Å². The molecule has 4 heteroatoms. The van der Waals surface area contributed by atoms with Crippen molar-refractivity contribution in [1.82, 2.24) is 0 Å². The summed E-state index contributed by atoms with van der Waals surface area (Å²) in [6.07, 6.45) is 0. The number of ether oxygens (including phenoxy) is 1. The normalized spacial score (nSPS) is 12.1. The van der Waals surface area contributed by atoms with Crippen LogP contribution in [0.4, 0.5) is 10.1 Å². The van der Waals surface area contributed by atoms with Gasteiger partial charge in [-0.15, -0.1) is 0 Å². The molecule has 0 radical (unpaired) electrons. The van der Waals surface area contributed by atoms with E-state index < -0.39 is 5.82 Å². The number of halogens is 2. The predicted octanol–water partition coefficient (Wildman–Crippen LogP) is 4.97. The first-order valence-electron chi connectivity index (χ1n) is 6.37. The average Bonchev–Trinajstić information content (AvgIpc) is 2.43. The Morgan fingerprint density at radius 2 is 1.95 bits per heavy atom. The predicted molar refractivity (Wildman–Crippen MR) is 81.2 cm³/mol. The average molecular weight is 294 g/mol. The Balaban J connectivity index is 2.25. The fourth-order valence-corrected chi connectivity index (χ4v) is 2.22. The number of aryl methyl sites for hydroxylation is 1. The SMILES string of the molecule is COc1ccc(C)cc1C(C)Nc1ccc(Cl)c(F)c1. The summed E-state index contributed by atoms with van der Waals surface area (Å²) in [5.74, 6) is 0.380. The van der Waals surface area contributed by atoms with E-state index in [0.29, 0.717) is 5.69 Å². The van der Waals surface area contributed by atoms with Gasteiger partial charge < -0.3 is 10.1 Å². The van der Waals surface area contributed by atoms with E-state index in [-0.39, 0.29) is 11.1 Å². The van der Waals surface area contributed by atoms with Gasteiger partial charge >= 0.3 is 0 Å². The number of rotatable bonds is 4. The summed E-state index contributed by atoms with van der Waals surface area (Å²) >= 11 is 5.68. The Hall–Kier alpha value is -1.74. The van der Waals surface area contributed by atoms with E-state index in [0.717, 1.165) is 16.9 Å². The minimum Gasteiger partial charge on any atom is -0.496 e. The van der Waals surface area contributed by atoms with Gasteiger partial charge in [0.2, 0.25) is 0 Å². The maximum absolute atomic E-state index is 13.4. The van der Waals surface area contributed by atoms with Crippen molar-refractivity contribution in [3.8, 4) is 5.75 Å². The molecule has 2 aromatic carbocycles. The van der Waals surface area contributed by atoms with Crippen molar-refractivity contribution in [2.75, 3.05) is 12.4 Å². The molecule has 0 saturated heterocycles. The molecular weight excluding hydrogens is 277 g/mol. The van der Waals surface area contributed by atoms with Crippen LogP contribution in [0.1, 0.15) is 24.1 Å². The maximum atomic E-state index is 13.4. The van der Waals surface area contributed by atoms with Crippen molar-refractivity contribution in [3.05, 3.63) is 58.4 Å². The molecule has 0 aromatic heterocycles. The third-order valence-corrected chi connectivity index (χ3v) is 3.46. The molecule has 0 saturated carbocycles. The largest absolute Gasteiger partial charge is 0.496 e. The number of benzene rings is 2. The van der Waals surface area contributed by atoms with Gasteiger partial charge in [0, 0.05) is 11.3 Å². The fraction of sp³-hybridized carbons (Fsp3) is 0.250. The van der Waals surface area contributed by atoms with Crippen molar-refractivity contribution in [1.29, 1.82) is 0 Å². The molecule has 2 rings (SSSR count). The summed E-state index contributed by atoms with van der Waals surface area (Å²) in [5.41, 5.74) is 2.86. The molecule has 1 atom stereocenters. The molecule has 1 N–H and O–H groups in total. The van der Waals surface area contributed by atoms with Crippen LogP contribution in [0.2, 0.25) is 5.02 Å². The second-order valence-electron chi connectivity index (χ2n) is 4.74. The Morgan fingerprint density at radius 3 is 2.60 bits per heavy atom. The van der Waals surface area contributed by atoms with Gasteiger partial charge in [-0.05, 0) is 38.1 Å². The van der Waals surface area contributed by atoms with Crippen molar-refractivity contribution in [2.45, 2.75) is 19.9 Å². The van der Waals surface area contributed by atoms with E-state index in [9.17, 15) is 4.39 Å². The molecule has 20 heavy (non-hydrogen) atoms. The molecule has 0 heterocycles. The summed E-state index contributed by atoms with van der Waals surface area (Å²) < 4.78 is 18.8. The molecule has 2 nitrogen and oxygen atoms in total. The van der Waals surface area contributed by atoms with Crippen LogP contribution in [-0.4, -0.2) is 7.11 Å². The zero-order chi connectivity index (χ0) is 14.7. The van der Waals surface area contributed by atoms with Crippen LogP contribution >= 0.6 is 11.6 Å². The lowest BCUT2D eigenvalue weighted by molar-refractivity contribution is 0.408. The summed E-state index contributed by atoms with van der Waals surface area (Å²) in [6.45, 7) is 4.03. The lowest BCUT2D eigenvalue weighted by Gasteiger charge is -2.19. The van der Waals surface area contributed by atoms with E-state index in [1.807, 2.05) is 26.0 Å². The minimum absolute atomic E-state index is 0.00887. The summed E-state index contributed by atoms with van der Waals surface area (Å²) in [7, 11) is 1.64. The molecule has 0 spiro atoms. The van der Waals surface area contributed by atoms with E-state index in [1.54, 1.807) is 19.2 Å². The smallest absolute Gasteiger partial charge is 0.143 e. The van der Waals surface area contributed by atoms with Crippen LogP contribution in [0.5, 0.6) is 5.75 Å². The molecule has 0 aliphatic carbocycles. The van der Waals surface area contributed by atoms with Gasteiger partial charge in [0.1, 0.15) is 11.6 Å². The number of hydrogen-bond acceptors (Lipinski definition) is 2. The van der Waals surface area contributed by atoms with Crippen LogP contribution in [-0.2, 0) is 0 Å². The molecule has 106 valence electrons. The lowest BCUT2D eigenvalue weighted by Crippen LogP contribution is -2.08. The third-order valence-electron chi connectivity index (χ3n) is 3.15. The second-order valence-corrected chi connectivity index (χ2v) is 5.15. The number of methoxy groups -OCH3 is 1. The highest BCUT2D eigenvalue weighted by Gasteiger charge is 2.12. The van der Waals surface area contributed by atoms with E-state index in [4.69, 9.17) is 16.3 Å². The minimum atomic E-state index is -0.430. The van der Waals surface area contributed by atoms with Crippen molar-refractivity contribution in [2.24, 2.45) is 0 Å². The Labute approximate surface area is 123 Å². The first-order valence-corrected chi connectivity index (χ1v) is 6.75. The molecule has 0 bridgehead atoms. The van der Waals surface area contributed by atoms with E-state index >= 15 is 0 Å². The van der Waals surface area contributed by atoms with Crippen LogP contribution in [0, 0.1) is 12.7 Å². The zero-order valence-electron chi connectivity index (χ0n) is 11.7. The molecular formula is C16H17ClFNO. The highest BCUT2D eigenvalue weighted by molar-refractivity contribution is 6.30. The van der Waals surface area contributed by atoms with Gasteiger partial charge in [0.15, 0.2) is 0 Å². The lowest BCUT2D eigenvalue weighted by atomic mass is 10.0. The first-order chi connectivity index (χ1) is 9.51. The molecule has 0 amide bonds. The third kappa shape index (κ3) is 3.23. The number of nitrogens with one attached hydrogen (secondary N) is 1. The summed E-state index contributed by atoms with van der Waals surface area (Å²) in [5, 5.41) is 3.37. The fourth-order valence-electron chi connectivity index (χ4n) is 2.11. The monoisotopic (exact) mass is 293 g/mol. The summed E-state index contributed by atoms with van der Waals surface area (Å²) in [6, 6.07) is 10.7. The Kier molecular flexibility index (Phi) is 4.50. The van der Waals surface area contributed by atoms with Gasteiger partial charge in [-0.3, -0.25) is 0 Å². The quantitative estimate of drug-likeness (QED) is 0.859. The van der Waals surface area contributed by atoms with Crippen LogP contribution in [0.25, 0.3) is 0 Å². The van der Waals surface area contributed by atoms with Gasteiger partial charge in [-0.1, -0.05) is 29.3 Å². The molecule has 1 unspecified atom stereocenters. The second kappa shape index (κ2) is 6.14. The van der Waals surface area contributed by atoms with Gasteiger partial charge in [0.05, 0.1) is 18.2 Å². The van der Waals surface area contributed by atoms with Crippen LogP contribution in [0.3, 0.4) is 0 Å². The number of hydrogen-bond donors (Lipinski definition) is 1. The number of anilines is 1. The van der Waals surface area contributed by atoms with E-state index in [1.165, 1.54) is 6.07 Å². The zero-order valence-corrected chi connectivity index (χ0v) is 12.5. The molecule has 0 aliphatic heterocycles. The van der Waals surface area contributed by atoms with Crippen LogP contribution in [0.15, 0.2) is 36.4 Å². The summed E-state index contributed by atoms with van der Waals surface area (Å²) in [4.78, 5) is 0. The van der Waals surface area contributed by atoms with Gasteiger partial charge in [-0.25, -0.2) is 4.39 Å². The maximum Gasteiger partial charge on any atom is 0.143 e. The van der Waals surface area contributed by atoms with Crippen molar-refractivity contribution < 1.29 is 9.13 Å². The Morgan fingerprint density at radius 1 is 1.20 bits per heavy atom. The van der Waals surface area contributed by atoms with E-state index in [2.05, 4.69) is 11.4 Å². The van der Waals surface area contributed by atoms with Crippen molar-refractivity contribution >= 4 is 17.3 Å². The topological polar surface area (TPSA) is 21.3 Å².